The third-order valence-corrected chi connectivity index (χ3v) is 9.37. The number of anilines is 2. The Labute approximate surface area is 293 Å². The van der Waals surface area contributed by atoms with Crippen LogP contribution in [0.25, 0.3) is 17.2 Å². The molecule has 0 radical (unpaired) electrons. The lowest BCUT2D eigenvalue weighted by Crippen LogP contribution is -2.30. The van der Waals surface area contributed by atoms with Gasteiger partial charge in [-0.05, 0) is 73.9 Å². The van der Waals surface area contributed by atoms with Gasteiger partial charge in [0.1, 0.15) is 16.3 Å². The Balaban J connectivity index is 1.30. The summed E-state index contributed by atoms with van der Waals surface area (Å²) < 4.78 is 5.32. The van der Waals surface area contributed by atoms with Gasteiger partial charge in [-0.1, -0.05) is 78.9 Å². The number of thiophene rings is 1. The fourth-order valence-corrected chi connectivity index (χ4v) is 6.74. The van der Waals surface area contributed by atoms with Crippen LogP contribution in [0.2, 0.25) is 0 Å². The van der Waals surface area contributed by atoms with Gasteiger partial charge in [0, 0.05) is 27.1 Å². The third kappa shape index (κ3) is 9.13. The van der Waals surface area contributed by atoms with E-state index in [9.17, 15) is 19.2 Å². The summed E-state index contributed by atoms with van der Waals surface area (Å²) >= 11 is 2.57. The standard InChI is InChI=1S/C39H35N3O5S2/c1-4-47-39(46)34-32(27-15-7-5-8-16-27)24-48-38(34)42-35(43)26(3)49-31-21-13-20-30(23-31)40-37(45)33(22-29-19-12-11-14-25(29)2)41-36(44)28-17-9-6-10-18-28/h5-24,26H,4H2,1-3H3,(H,40,45)(H,41,44)(H,42,43)/b33-22-. The van der Waals surface area contributed by atoms with Crippen molar-refractivity contribution < 1.29 is 23.9 Å². The Hall–Kier alpha value is -5.45. The zero-order valence-corrected chi connectivity index (χ0v) is 28.8. The van der Waals surface area contributed by atoms with E-state index in [0.717, 1.165) is 21.6 Å². The molecule has 1 atom stereocenters. The fourth-order valence-electron chi connectivity index (χ4n) is 4.85. The summed E-state index contributed by atoms with van der Waals surface area (Å²) in [5, 5.41) is 10.3. The highest BCUT2D eigenvalue weighted by Gasteiger charge is 2.25. The predicted octanol–water partition coefficient (Wildman–Crippen LogP) is 8.43. The van der Waals surface area contributed by atoms with E-state index in [1.807, 2.05) is 79.0 Å². The van der Waals surface area contributed by atoms with Crippen molar-refractivity contribution in [3.8, 4) is 11.1 Å². The topological polar surface area (TPSA) is 114 Å². The Morgan fingerprint density at radius 2 is 1.55 bits per heavy atom. The normalized spacial score (nSPS) is 11.7. The number of amides is 3. The number of hydrogen-bond acceptors (Lipinski definition) is 7. The highest BCUT2D eigenvalue weighted by molar-refractivity contribution is 8.00. The van der Waals surface area contributed by atoms with E-state index in [4.69, 9.17) is 4.74 Å². The van der Waals surface area contributed by atoms with Crippen LogP contribution in [-0.2, 0) is 14.3 Å². The maximum Gasteiger partial charge on any atom is 0.341 e. The second kappa shape index (κ2) is 16.6. The monoisotopic (exact) mass is 689 g/mol. The number of benzene rings is 4. The minimum absolute atomic E-state index is 0.0807. The van der Waals surface area contributed by atoms with Crippen molar-refractivity contribution in [2.75, 3.05) is 17.2 Å². The van der Waals surface area contributed by atoms with Crippen molar-refractivity contribution in [1.82, 2.24) is 5.32 Å². The Morgan fingerprint density at radius 3 is 2.27 bits per heavy atom. The van der Waals surface area contributed by atoms with E-state index in [2.05, 4.69) is 16.0 Å². The van der Waals surface area contributed by atoms with Gasteiger partial charge in [0.2, 0.25) is 5.91 Å². The predicted molar refractivity (Wildman–Crippen MR) is 198 cm³/mol. The molecule has 1 unspecified atom stereocenters. The lowest BCUT2D eigenvalue weighted by molar-refractivity contribution is -0.115. The maximum absolute atomic E-state index is 13.6. The Bertz CT molecular complexity index is 1990. The number of carbonyl (C=O) groups is 4. The molecule has 0 bridgehead atoms. The summed E-state index contributed by atoms with van der Waals surface area (Å²) in [5.74, 6) is -1.71. The number of esters is 1. The average Bonchev–Trinajstić information content (AvgIpc) is 3.53. The Morgan fingerprint density at radius 1 is 0.857 bits per heavy atom. The molecular weight excluding hydrogens is 655 g/mol. The summed E-state index contributed by atoms with van der Waals surface area (Å²) in [6, 6.07) is 32.8. The van der Waals surface area contributed by atoms with Crippen LogP contribution in [0, 0.1) is 6.92 Å². The number of rotatable bonds is 12. The first kappa shape index (κ1) is 34.9. The SMILES string of the molecule is CCOC(=O)c1c(-c2ccccc2)csc1NC(=O)C(C)Sc1cccc(NC(=O)/C(=C/c2ccccc2C)NC(=O)c2ccccc2)c1. The minimum atomic E-state index is -0.551. The minimum Gasteiger partial charge on any atom is -0.462 e. The Kier molecular flexibility index (Phi) is 11.8. The lowest BCUT2D eigenvalue weighted by Gasteiger charge is -2.15. The van der Waals surface area contributed by atoms with Crippen molar-refractivity contribution >= 4 is 63.6 Å². The molecular formula is C39H35N3O5S2. The molecule has 0 spiro atoms. The van der Waals surface area contributed by atoms with E-state index < -0.39 is 23.0 Å². The van der Waals surface area contributed by atoms with E-state index in [1.165, 1.54) is 23.1 Å². The average molecular weight is 690 g/mol. The van der Waals surface area contributed by atoms with Crippen LogP contribution in [0.1, 0.15) is 45.7 Å². The van der Waals surface area contributed by atoms with Gasteiger partial charge in [-0.3, -0.25) is 14.4 Å². The molecule has 3 N–H and O–H groups in total. The first-order valence-electron chi connectivity index (χ1n) is 15.6. The van der Waals surface area contributed by atoms with Crippen LogP contribution in [0.5, 0.6) is 0 Å². The van der Waals surface area contributed by atoms with Crippen molar-refractivity contribution in [3.05, 3.63) is 143 Å². The number of nitrogens with one attached hydrogen (secondary N) is 3. The quantitative estimate of drug-likeness (QED) is 0.0689. The molecule has 49 heavy (non-hydrogen) atoms. The molecule has 5 rings (SSSR count). The molecule has 8 nitrogen and oxygen atoms in total. The van der Waals surface area contributed by atoms with Gasteiger partial charge in [0.05, 0.1) is 11.9 Å². The molecule has 1 heterocycles. The fraction of sp³-hybridized carbons (Fsp3) is 0.128. The van der Waals surface area contributed by atoms with Gasteiger partial charge < -0.3 is 20.7 Å². The summed E-state index contributed by atoms with van der Waals surface area (Å²) in [4.78, 5) is 53.7. The van der Waals surface area contributed by atoms with Gasteiger partial charge in [0.15, 0.2) is 0 Å². The maximum atomic E-state index is 13.6. The molecule has 5 aromatic rings. The van der Waals surface area contributed by atoms with Gasteiger partial charge in [-0.15, -0.1) is 23.1 Å². The van der Waals surface area contributed by atoms with Crippen LogP contribution in [0.15, 0.2) is 125 Å². The molecule has 0 fully saturated rings. The molecule has 0 saturated heterocycles. The number of ether oxygens (including phenoxy) is 1. The number of thioether (sulfide) groups is 1. The highest BCUT2D eigenvalue weighted by atomic mass is 32.2. The van der Waals surface area contributed by atoms with Crippen LogP contribution >= 0.6 is 23.1 Å². The number of aryl methyl sites for hydroxylation is 1. The molecule has 1 aromatic heterocycles. The van der Waals surface area contributed by atoms with Gasteiger partial charge in [0.25, 0.3) is 11.8 Å². The summed E-state index contributed by atoms with van der Waals surface area (Å²) in [7, 11) is 0. The number of hydrogen-bond donors (Lipinski definition) is 3. The second-order valence-electron chi connectivity index (χ2n) is 10.9. The first-order valence-corrected chi connectivity index (χ1v) is 17.4. The second-order valence-corrected chi connectivity index (χ2v) is 13.2. The molecule has 0 aliphatic carbocycles. The van der Waals surface area contributed by atoms with Crippen LogP contribution in [-0.4, -0.2) is 35.5 Å². The van der Waals surface area contributed by atoms with Crippen molar-refractivity contribution in [3.63, 3.8) is 0 Å². The van der Waals surface area contributed by atoms with Crippen LogP contribution in [0.3, 0.4) is 0 Å². The van der Waals surface area contributed by atoms with Crippen molar-refractivity contribution in [1.29, 1.82) is 0 Å². The van der Waals surface area contributed by atoms with E-state index in [1.54, 1.807) is 62.4 Å². The summed E-state index contributed by atoms with van der Waals surface area (Å²) in [6.07, 6.45) is 1.65. The van der Waals surface area contributed by atoms with Gasteiger partial charge in [-0.2, -0.15) is 0 Å². The smallest absolute Gasteiger partial charge is 0.341 e. The lowest BCUT2D eigenvalue weighted by atomic mass is 10.0. The third-order valence-electron chi connectivity index (χ3n) is 7.38. The first-order chi connectivity index (χ1) is 23.7. The molecule has 0 saturated carbocycles. The van der Waals surface area contributed by atoms with Crippen molar-refractivity contribution in [2.24, 2.45) is 0 Å². The largest absolute Gasteiger partial charge is 0.462 e. The summed E-state index contributed by atoms with van der Waals surface area (Å²) in [6.45, 7) is 5.64. The van der Waals surface area contributed by atoms with Crippen LogP contribution < -0.4 is 16.0 Å². The van der Waals surface area contributed by atoms with Crippen molar-refractivity contribution in [2.45, 2.75) is 30.9 Å². The van der Waals surface area contributed by atoms with E-state index in [-0.39, 0.29) is 18.2 Å². The molecule has 4 aromatic carbocycles. The molecule has 0 aliphatic heterocycles. The molecule has 10 heteroatoms. The van der Waals surface area contributed by atoms with Gasteiger partial charge in [-0.25, -0.2) is 4.79 Å². The number of carbonyl (C=O) groups excluding carboxylic acids is 4. The molecule has 248 valence electrons. The zero-order chi connectivity index (χ0) is 34.8. The zero-order valence-electron chi connectivity index (χ0n) is 27.2. The van der Waals surface area contributed by atoms with Crippen LogP contribution in [0.4, 0.5) is 10.7 Å². The molecule has 0 aliphatic rings. The van der Waals surface area contributed by atoms with Gasteiger partial charge >= 0.3 is 5.97 Å². The summed E-state index contributed by atoms with van der Waals surface area (Å²) in [5.41, 5.74) is 4.59. The molecule has 3 amide bonds. The van der Waals surface area contributed by atoms with E-state index in [0.29, 0.717) is 27.4 Å². The van der Waals surface area contributed by atoms with E-state index >= 15 is 0 Å². The highest BCUT2D eigenvalue weighted by Crippen LogP contribution is 2.37.